The van der Waals surface area contributed by atoms with Gasteiger partial charge in [0.15, 0.2) is 11.5 Å². The summed E-state index contributed by atoms with van der Waals surface area (Å²) >= 11 is 0. The lowest BCUT2D eigenvalue weighted by Crippen LogP contribution is -2.23. The molecule has 1 aliphatic heterocycles. The molecule has 0 saturated carbocycles. The summed E-state index contributed by atoms with van der Waals surface area (Å²) in [6.07, 6.45) is 1.88. The highest BCUT2D eigenvalue weighted by Crippen LogP contribution is 2.32. The van der Waals surface area contributed by atoms with Gasteiger partial charge >= 0.3 is 5.97 Å². The van der Waals surface area contributed by atoms with Crippen LogP contribution in [0.15, 0.2) is 18.2 Å². The van der Waals surface area contributed by atoms with Crippen LogP contribution in [0.3, 0.4) is 0 Å². The zero-order valence-electron chi connectivity index (χ0n) is 12.6. The average molecular weight is 293 g/mol. The number of carboxylic acid groups (broad SMARTS) is 1. The normalized spacial score (nSPS) is 13.4. The average Bonchev–Trinajstić information content (AvgIpc) is 2.89. The molecule has 0 amide bonds. The number of fused-ring (bicyclic) bond motifs is 1. The van der Waals surface area contributed by atoms with Crippen LogP contribution < -0.4 is 14.8 Å². The Morgan fingerprint density at radius 3 is 2.81 bits per heavy atom. The maximum atomic E-state index is 10.6. The first kappa shape index (κ1) is 15.6. The number of hydrogen-bond donors (Lipinski definition) is 2. The van der Waals surface area contributed by atoms with Gasteiger partial charge in [-0.1, -0.05) is 19.9 Å². The Morgan fingerprint density at radius 1 is 1.29 bits per heavy atom. The van der Waals surface area contributed by atoms with Gasteiger partial charge in [-0.05, 0) is 42.5 Å². The minimum Gasteiger partial charge on any atom is -0.481 e. The Hall–Kier alpha value is -1.75. The van der Waals surface area contributed by atoms with Crippen LogP contribution in [0.2, 0.25) is 0 Å². The van der Waals surface area contributed by atoms with Crippen molar-refractivity contribution in [1.29, 1.82) is 0 Å². The highest BCUT2D eigenvalue weighted by Gasteiger charge is 2.18. The topological polar surface area (TPSA) is 67.8 Å². The standard InChI is InChI=1S/C16H23NO4/c1-16(2,6-5-15(18)19)7-8-17-10-12-3-4-13-14(9-12)21-11-20-13/h3-4,9,17H,5-8,10-11H2,1-2H3,(H,18,19). The SMILES string of the molecule is CC(C)(CCNCc1ccc2c(c1)OCO2)CCC(=O)O. The van der Waals surface area contributed by atoms with Crippen molar-refractivity contribution in [3.63, 3.8) is 0 Å². The van der Waals surface area contributed by atoms with Crippen LogP contribution in [-0.2, 0) is 11.3 Å². The van der Waals surface area contributed by atoms with Gasteiger partial charge in [0, 0.05) is 13.0 Å². The van der Waals surface area contributed by atoms with E-state index in [0.29, 0.717) is 13.2 Å². The largest absolute Gasteiger partial charge is 0.481 e. The molecule has 5 nitrogen and oxygen atoms in total. The summed E-state index contributed by atoms with van der Waals surface area (Å²) in [5.74, 6) is 0.876. The molecular formula is C16H23NO4. The van der Waals surface area contributed by atoms with Crippen LogP contribution in [0.25, 0.3) is 0 Å². The van der Waals surface area contributed by atoms with Crippen LogP contribution in [0, 0.1) is 5.41 Å². The van der Waals surface area contributed by atoms with Gasteiger partial charge in [-0.15, -0.1) is 0 Å². The van der Waals surface area contributed by atoms with E-state index in [2.05, 4.69) is 19.2 Å². The number of aliphatic carboxylic acids is 1. The summed E-state index contributed by atoms with van der Waals surface area (Å²) in [6.45, 7) is 6.15. The number of benzene rings is 1. The van der Waals surface area contributed by atoms with E-state index in [0.717, 1.165) is 36.6 Å². The second-order valence-electron chi connectivity index (χ2n) is 6.17. The van der Waals surface area contributed by atoms with Gasteiger partial charge in [0.05, 0.1) is 0 Å². The van der Waals surface area contributed by atoms with Crippen LogP contribution in [0.4, 0.5) is 0 Å². The van der Waals surface area contributed by atoms with Crippen LogP contribution in [0.5, 0.6) is 11.5 Å². The molecule has 1 aromatic rings. The lowest BCUT2D eigenvalue weighted by Gasteiger charge is -2.23. The number of hydrogen-bond acceptors (Lipinski definition) is 4. The summed E-state index contributed by atoms with van der Waals surface area (Å²) in [4.78, 5) is 10.6. The molecule has 0 fully saturated rings. The molecule has 116 valence electrons. The highest BCUT2D eigenvalue weighted by molar-refractivity contribution is 5.66. The van der Waals surface area contributed by atoms with Crippen molar-refractivity contribution in [3.05, 3.63) is 23.8 Å². The van der Waals surface area contributed by atoms with Gasteiger partial charge in [-0.25, -0.2) is 0 Å². The van der Waals surface area contributed by atoms with Crippen molar-refractivity contribution in [2.45, 2.75) is 39.7 Å². The molecule has 1 aliphatic rings. The van der Waals surface area contributed by atoms with Crippen molar-refractivity contribution >= 4 is 5.97 Å². The molecular weight excluding hydrogens is 270 g/mol. The molecule has 21 heavy (non-hydrogen) atoms. The Bertz CT molecular complexity index is 499. The molecule has 0 saturated heterocycles. The number of nitrogens with one attached hydrogen (secondary N) is 1. The maximum Gasteiger partial charge on any atom is 0.303 e. The molecule has 0 unspecified atom stereocenters. The van der Waals surface area contributed by atoms with Gasteiger partial charge in [0.2, 0.25) is 6.79 Å². The highest BCUT2D eigenvalue weighted by atomic mass is 16.7. The summed E-state index contributed by atoms with van der Waals surface area (Å²) in [5, 5.41) is 12.1. The molecule has 0 atom stereocenters. The summed E-state index contributed by atoms with van der Waals surface area (Å²) in [7, 11) is 0. The molecule has 0 aromatic heterocycles. The number of ether oxygens (including phenoxy) is 2. The van der Waals surface area contributed by atoms with Crippen molar-refractivity contribution < 1.29 is 19.4 Å². The first-order valence-electron chi connectivity index (χ1n) is 7.27. The number of carboxylic acids is 1. The third-order valence-corrected chi connectivity index (χ3v) is 3.76. The number of rotatable bonds is 8. The minimum absolute atomic E-state index is 0.0419. The fourth-order valence-electron chi connectivity index (χ4n) is 2.28. The monoisotopic (exact) mass is 293 g/mol. The first-order chi connectivity index (χ1) is 9.96. The minimum atomic E-state index is -0.726. The van der Waals surface area contributed by atoms with E-state index in [-0.39, 0.29) is 11.8 Å². The van der Waals surface area contributed by atoms with Gasteiger partial charge in [-0.2, -0.15) is 0 Å². The molecule has 1 aromatic carbocycles. The van der Waals surface area contributed by atoms with E-state index in [1.165, 1.54) is 0 Å². The third-order valence-electron chi connectivity index (χ3n) is 3.76. The lowest BCUT2D eigenvalue weighted by molar-refractivity contribution is -0.137. The smallest absolute Gasteiger partial charge is 0.303 e. The fourth-order valence-corrected chi connectivity index (χ4v) is 2.28. The van der Waals surface area contributed by atoms with E-state index >= 15 is 0 Å². The van der Waals surface area contributed by atoms with Crippen molar-refractivity contribution in [2.75, 3.05) is 13.3 Å². The van der Waals surface area contributed by atoms with E-state index in [1.807, 2.05) is 18.2 Å². The first-order valence-corrected chi connectivity index (χ1v) is 7.27. The van der Waals surface area contributed by atoms with E-state index < -0.39 is 5.97 Å². The van der Waals surface area contributed by atoms with Crippen molar-refractivity contribution in [3.8, 4) is 11.5 Å². The van der Waals surface area contributed by atoms with Gasteiger partial charge in [0.1, 0.15) is 0 Å². The lowest BCUT2D eigenvalue weighted by atomic mass is 9.84. The zero-order chi connectivity index (χ0) is 15.3. The van der Waals surface area contributed by atoms with Gasteiger partial charge in [0.25, 0.3) is 0 Å². The van der Waals surface area contributed by atoms with Gasteiger partial charge in [-0.3, -0.25) is 4.79 Å². The third kappa shape index (κ3) is 4.93. The van der Waals surface area contributed by atoms with Crippen molar-refractivity contribution in [1.82, 2.24) is 5.32 Å². The molecule has 1 heterocycles. The second-order valence-corrected chi connectivity index (χ2v) is 6.17. The molecule has 2 rings (SSSR count). The zero-order valence-corrected chi connectivity index (χ0v) is 12.6. The summed E-state index contributed by atoms with van der Waals surface area (Å²) in [6, 6.07) is 5.94. The molecule has 0 aliphatic carbocycles. The Kier molecular flexibility index (Phi) is 5.07. The summed E-state index contributed by atoms with van der Waals surface area (Å²) in [5.41, 5.74) is 1.20. The molecule has 5 heteroatoms. The van der Waals surface area contributed by atoms with Crippen molar-refractivity contribution in [2.24, 2.45) is 5.41 Å². The second kappa shape index (κ2) is 6.80. The predicted molar refractivity (Wildman–Crippen MR) is 79.5 cm³/mol. The van der Waals surface area contributed by atoms with Gasteiger partial charge < -0.3 is 19.9 Å². The van der Waals surface area contributed by atoms with Crippen LogP contribution in [0.1, 0.15) is 38.7 Å². The maximum absolute atomic E-state index is 10.6. The van der Waals surface area contributed by atoms with Crippen LogP contribution >= 0.6 is 0 Å². The molecule has 2 N–H and O–H groups in total. The van der Waals surface area contributed by atoms with E-state index in [4.69, 9.17) is 14.6 Å². The molecule has 0 bridgehead atoms. The van der Waals surface area contributed by atoms with E-state index in [9.17, 15) is 4.79 Å². The number of carbonyl (C=O) groups is 1. The quantitative estimate of drug-likeness (QED) is 0.721. The Morgan fingerprint density at radius 2 is 2.05 bits per heavy atom. The predicted octanol–water partition coefficient (Wildman–Crippen LogP) is 2.79. The molecule has 0 spiro atoms. The Labute approximate surface area is 125 Å². The van der Waals surface area contributed by atoms with E-state index in [1.54, 1.807) is 0 Å². The summed E-state index contributed by atoms with van der Waals surface area (Å²) < 4.78 is 10.6. The fraction of sp³-hybridized carbons (Fsp3) is 0.562. The Balaban J connectivity index is 1.71. The molecule has 0 radical (unpaired) electrons. The van der Waals surface area contributed by atoms with Crippen LogP contribution in [-0.4, -0.2) is 24.4 Å².